The smallest absolute Gasteiger partial charge is 0.410 e. The number of benzene rings is 2. The third-order valence-corrected chi connectivity index (χ3v) is 5.55. The lowest BCUT2D eigenvalue weighted by Gasteiger charge is -2.40. The van der Waals surface area contributed by atoms with Crippen molar-refractivity contribution in [3.63, 3.8) is 0 Å². The predicted octanol–water partition coefficient (Wildman–Crippen LogP) is 3.57. The first-order valence-corrected chi connectivity index (χ1v) is 10.6. The van der Waals surface area contributed by atoms with E-state index < -0.39 is 23.5 Å². The fraction of sp³-hybridized carbons (Fsp3) is 0.375. The van der Waals surface area contributed by atoms with E-state index in [1.54, 1.807) is 36.3 Å². The van der Waals surface area contributed by atoms with Gasteiger partial charge in [0.2, 0.25) is 0 Å². The Labute approximate surface area is 190 Å². The molecular formula is C24H26FN3O5. The van der Waals surface area contributed by atoms with Gasteiger partial charge in [-0.1, -0.05) is 18.2 Å². The highest BCUT2D eigenvalue weighted by Crippen LogP contribution is 2.27. The van der Waals surface area contributed by atoms with Gasteiger partial charge in [0.15, 0.2) is 0 Å². The topological polar surface area (TPSA) is 82.8 Å². The summed E-state index contributed by atoms with van der Waals surface area (Å²) in [6.45, 7) is 6.11. The summed E-state index contributed by atoms with van der Waals surface area (Å²) in [7, 11) is 1.23. The van der Waals surface area contributed by atoms with Crippen molar-refractivity contribution in [2.45, 2.75) is 39.0 Å². The highest BCUT2D eigenvalue weighted by Gasteiger charge is 2.36. The number of esters is 1. The molecule has 0 atom stereocenters. The van der Waals surface area contributed by atoms with Gasteiger partial charge in [0.1, 0.15) is 11.4 Å². The van der Waals surface area contributed by atoms with Gasteiger partial charge in [-0.25, -0.2) is 18.8 Å². The van der Waals surface area contributed by atoms with Gasteiger partial charge >= 0.3 is 17.8 Å². The van der Waals surface area contributed by atoms with E-state index in [1.165, 1.54) is 23.8 Å². The minimum atomic E-state index is -0.631. The molecule has 1 aliphatic heterocycles. The number of imidazole rings is 1. The summed E-state index contributed by atoms with van der Waals surface area (Å²) in [6, 6.07) is 11.1. The average Bonchev–Trinajstić information content (AvgIpc) is 2.98. The largest absolute Gasteiger partial charge is 0.465 e. The van der Waals surface area contributed by atoms with Gasteiger partial charge in [0.25, 0.3) is 0 Å². The van der Waals surface area contributed by atoms with Crippen LogP contribution in [-0.4, -0.2) is 51.9 Å². The van der Waals surface area contributed by atoms with E-state index in [4.69, 9.17) is 4.74 Å². The van der Waals surface area contributed by atoms with Crippen molar-refractivity contribution in [3.05, 3.63) is 69.9 Å². The maximum atomic E-state index is 14.7. The number of para-hydroxylation sites is 2. The van der Waals surface area contributed by atoms with Crippen molar-refractivity contribution in [1.29, 1.82) is 0 Å². The Morgan fingerprint density at radius 1 is 1.09 bits per heavy atom. The molecule has 0 aliphatic carbocycles. The molecule has 33 heavy (non-hydrogen) atoms. The normalized spacial score (nSPS) is 14.3. The van der Waals surface area contributed by atoms with Crippen molar-refractivity contribution in [3.8, 4) is 0 Å². The van der Waals surface area contributed by atoms with Crippen LogP contribution in [0.15, 0.2) is 47.3 Å². The monoisotopic (exact) mass is 455 g/mol. The van der Waals surface area contributed by atoms with Crippen molar-refractivity contribution in [2.75, 3.05) is 20.2 Å². The molecule has 1 amide bonds. The van der Waals surface area contributed by atoms with E-state index >= 15 is 0 Å². The molecule has 2 aromatic carbocycles. The third kappa shape index (κ3) is 4.35. The summed E-state index contributed by atoms with van der Waals surface area (Å²) in [5.74, 6) is -1.23. The highest BCUT2D eigenvalue weighted by atomic mass is 19.1. The van der Waals surface area contributed by atoms with Crippen molar-refractivity contribution in [2.24, 2.45) is 0 Å². The van der Waals surface area contributed by atoms with E-state index in [-0.39, 0.29) is 29.4 Å². The molecular weight excluding hydrogens is 429 g/mol. The first-order valence-electron chi connectivity index (χ1n) is 10.6. The molecule has 8 nitrogen and oxygen atoms in total. The van der Waals surface area contributed by atoms with Crippen LogP contribution < -0.4 is 5.69 Å². The van der Waals surface area contributed by atoms with Crippen LogP contribution in [0.25, 0.3) is 11.0 Å². The summed E-state index contributed by atoms with van der Waals surface area (Å²) >= 11 is 0. The number of ether oxygens (including phenoxy) is 2. The van der Waals surface area contributed by atoms with E-state index in [2.05, 4.69) is 4.74 Å². The quantitative estimate of drug-likeness (QED) is 0.562. The van der Waals surface area contributed by atoms with E-state index in [0.29, 0.717) is 24.1 Å². The molecule has 1 aromatic heterocycles. The summed E-state index contributed by atoms with van der Waals surface area (Å²) < 4.78 is 27.9. The SMILES string of the molecule is COC(=O)c1ccc(Cn2c(=O)n(C3CN(C(=O)OC(C)(C)C)C3)c3ccccc32)c(F)c1. The number of fused-ring (bicyclic) bond motifs is 1. The Morgan fingerprint density at radius 3 is 2.36 bits per heavy atom. The number of carbonyl (C=O) groups is 2. The van der Waals surface area contributed by atoms with Crippen LogP contribution in [-0.2, 0) is 16.0 Å². The number of hydrogen-bond acceptors (Lipinski definition) is 5. The van der Waals surface area contributed by atoms with Crippen LogP contribution in [0.5, 0.6) is 0 Å². The van der Waals surface area contributed by atoms with Gasteiger partial charge in [-0.15, -0.1) is 0 Å². The van der Waals surface area contributed by atoms with Crippen LogP contribution in [0.2, 0.25) is 0 Å². The number of hydrogen-bond donors (Lipinski definition) is 0. The van der Waals surface area contributed by atoms with Crippen molar-refractivity contribution < 1.29 is 23.5 Å². The molecule has 2 heterocycles. The Kier molecular flexibility index (Phi) is 5.73. The number of methoxy groups -OCH3 is 1. The molecule has 0 unspecified atom stereocenters. The van der Waals surface area contributed by atoms with Gasteiger partial charge in [0.05, 0.1) is 36.3 Å². The van der Waals surface area contributed by atoms with Gasteiger partial charge in [0, 0.05) is 18.7 Å². The van der Waals surface area contributed by atoms with E-state index in [1.807, 2.05) is 18.2 Å². The number of nitrogens with zero attached hydrogens (tertiary/aromatic N) is 3. The lowest BCUT2D eigenvalue weighted by Crippen LogP contribution is -2.54. The highest BCUT2D eigenvalue weighted by molar-refractivity contribution is 5.89. The number of rotatable bonds is 4. The molecule has 3 aromatic rings. The third-order valence-electron chi connectivity index (χ3n) is 5.55. The predicted molar refractivity (Wildman–Crippen MR) is 120 cm³/mol. The fourth-order valence-electron chi connectivity index (χ4n) is 3.92. The van der Waals surface area contributed by atoms with Gasteiger partial charge < -0.3 is 14.4 Å². The summed E-state index contributed by atoms with van der Waals surface area (Å²) in [6.07, 6.45) is -0.414. The molecule has 1 fully saturated rings. The van der Waals surface area contributed by atoms with Crippen LogP contribution >= 0.6 is 0 Å². The number of carbonyl (C=O) groups excluding carboxylic acids is 2. The molecule has 0 saturated carbocycles. The number of amides is 1. The molecule has 0 N–H and O–H groups in total. The number of halogens is 1. The van der Waals surface area contributed by atoms with Crippen LogP contribution in [0, 0.1) is 5.82 Å². The van der Waals surface area contributed by atoms with E-state index in [0.717, 1.165) is 6.07 Å². The number of likely N-dealkylation sites (tertiary alicyclic amines) is 1. The van der Waals surface area contributed by atoms with Crippen molar-refractivity contribution >= 4 is 23.1 Å². The zero-order valence-electron chi connectivity index (χ0n) is 19.0. The Morgan fingerprint density at radius 2 is 1.76 bits per heavy atom. The molecule has 0 bridgehead atoms. The first-order chi connectivity index (χ1) is 15.6. The molecule has 0 spiro atoms. The summed E-state index contributed by atoms with van der Waals surface area (Å²) in [4.78, 5) is 38.8. The maximum absolute atomic E-state index is 14.7. The van der Waals surface area contributed by atoms with Gasteiger partial charge in [-0.05, 0) is 45.0 Å². The average molecular weight is 455 g/mol. The van der Waals surface area contributed by atoms with Gasteiger partial charge in [-0.3, -0.25) is 9.13 Å². The summed E-state index contributed by atoms with van der Waals surface area (Å²) in [5, 5.41) is 0. The number of aromatic nitrogens is 2. The Bertz CT molecular complexity index is 1280. The zero-order chi connectivity index (χ0) is 23.9. The fourth-order valence-corrected chi connectivity index (χ4v) is 3.92. The first kappa shape index (κ1) is 22.6. The van der Waals surface area contributed by atoms with Gasteiger partial charge in [-0.2, -0.15) is 0 Å². The second kappa shape index (κ2) is 8.38. The minimum Gasteiger partial charge on any atom is -0.465 e. The second-order valence-electron chi connectivity index (χ2n) is 9.06. The van der Waals surface area contributed by atoms with Crippen LogP contribution in [0.4, 0.5) is 9.18 Å². The lowest BCUT2D eigenvalue weighted by atomic mass is 10.1. The lowest BCUT2D eigenvalue weighted by molar-refractivity contribution is 0.00107. The molecule has 1 saturated heterocycles. The standard InChI is InChI=1S/C24H26FN3O5/c1-24(2,3)33-23(31)26-13-17(14-26)28-20-8-6-5-7-19(20)27(22(28)30)12-16-10-9-15(11-18(16)25)21(29)32-4/h5-11,17H,12-14H2,1-4H3. The minimum absolute atomic E-state index is 0.00212. The Hall–Kier alpha value is -3.62. The van der Waals surface area contributed by atoms with Crippen LogP contribution in [0.3, 0.4) is 0 Å². The summed E-state index contributed by atoms with van der Waals surface area (Å²) in [5.41, 5.74) is 0.864. The molecule has 174 valence electrons. The Balaban J connectivity index is 1.62. The van der Waals surface area contributed by atoms with Crippen LogP contribution in [0.1, 0.15) is 42.7 Å². The van der Waals surface area contributed by atoms with E-state index in [9.17, 15) is 18.8 Å². The van der Waals surface area contributed by atoms with Crippen molar-refractivity contribution in [1.82, 2.24) is 14.0 Å². The molecule has 9 heteroatoms. The molecule has 0 radical (unpaired) electrons. The zero-order valence-corrected chi connectivity index (χ0v) is 19.0. The second-order valence-corrected chi connectivity index (χ2v) is 9.06. The molecule has 4 rings (SSSR count). The maximum Gasteiger partial charge on any atom is 0.410 e. The molecule has 1 aliphatic rings.